The summed E-state index contributed by atoms with van der Waals surface area (Å²) >= 11 is 0. The van der Waals surface area contributed by atoms with Crippen LogP contribution in [-0.4, -0.2) is 66.6 Å². The first-order valence-electron chi connectivity index (χ1n) is 7.77. The number of urea groups is 1. The number of carbonyl (C=O) groups is 1. The SMILES string of the molecule is CC(CO)CNC(=O)NCC(C)(C)N1CC(C)OC(C)C1. The molecule has 1 saturated heterocycles. The van der Waals surface area contributed by atoms with E-state index in [9.17, 15) is 4.79 Å². The maximum absolute atomic E-state index is 11.8. The number of rotatable bonds is 6. The number of nitrogens with one attached hydrogen (secondary N) is 2. The fourth-order valence-electron chi connectivity index (χ4n) is 2.47. The summed E-state index contributed by atoms with van der Waals surface area (Å²) in [5, 5.41) is 14.6. The fraction of sp³-hybridized carbons (Fsp3) is 0.933. The molecule has 1 aliphatic heterocycles. The van der Waals surface area contributed by atoms with Crippen LogP contribution in [0.25, 0.3) is 0 Å². The van der Waals surface area contributed by atoms with Gasteiger partial charge in [-0.05, 0) is 33.6 Å². The summed E-state index contributed by atoms with van der Waals surface area (Å²) in [5.74, 6) is 0.0738. The third-order valence-electron chi connectivity index (χ3n) is 3.88. The van der Waals surface area contributed by atoms with Gasteiger partial charge in [-0.3, -0.25) is 4.90 Å². The van der Waals surface area contributed by atoms with E-state index in [1.807, 2.05) is 6.92 Å². The van der Waals surface area contributed by atoms with Crippen LogP contribution in [0.2, 0.25) is 0 Å². The highest BCUT2D eigenvalue weighted by Gasteiger charge is 2.33. The predicted octanol–water partition coefficient (Wildman–Crippen LogP) is 0.802. The van der Waals surface area contributed by atoms with E-state index in [1.54, 1.807) is 0 Å². The van der Waals surface area contributed by atoms with E-state index >= 15 is 0 Å². The molecule has 0 spiro atoms. The molecular formula is C15H31N3O3. The lowest BCUT2D eigenvalue weighted by Gasteiger charge is -2.45. The van der Waals surface area contributed by atoms with E-state index in [4.69, 9.17) is 9.84 Å². The Morgan fingerprint density at radius 2 is 1.90 bits per heavy atom. The van der Waals surface area contributed by atoms with Crippen molar-refractivity contribution in [2.45, 2.75) is 52.4 Å². The molecule has 124 valence electrons. The van der Waals surface area contributed by atoms with Crippen molar-refractivity contribution < 1.29 is 14.6 Å². The van der Waals surface area contributed by atoms with Gasteiger partial charge in [-0.1, -0.05) is 6.92 Å². The number of amides is 2. The summed E-state index contributed by atoms with van der Waals surface area (Å²) in [6.45, 7) is 13.2. The van der Waals surface area contributed by atoms with E-state index in [1.165, 1.54) is 0 Å². The Hall–Kier alpha value is -0.850. The van der Waals surface area contributed by atoms with Crippen LogP contribution in [0.3, 0.4) is 0 Å². The largest absolute Gasteiger partial charge is 0.396 e. The normalized spacial score (nSPS) is 25.4. The topological polar surface area (TPSA) is 73.8 Å². The van der Waals surface area contributed by atoms with Gasteiger partial charge in [-0.15, -0.1) is 0 Å². The fourth-order valence-corrected chi connectivity index (χ4v) is 2.47. The first-order valence-corrected chi connectivity index (χ1v) is 7.77. The molecule has 2 amide bonds. The van der Waals surface area contributed by atoms with Gasteiger partial charge in [0.25, 0.3) is 0 Å². The van der Waals surface area contributed by atoms with Gasteiger partial charge >= 0.3 is 6.03 Å². The van der Waals surface area contributed by atoms with Crippen LogP contribution < -0.4 is 10.6 Å². The molecule has 0 bridgehead atoms. The molecule has 0 radical (unpaired) electrons. The van der Waals surface area contributed by atoms with Gasteiger partial charge in [0.2, 0.25) is 0 Å². The van der Waals surface area contributed by atoms with Crippen LogP contribution >= 0.6 is 0 Å². The molecule has 1 aliphatic rings. The zero-order valence-electron chi connectivity index (χ0n) is 14.0. The van der Waals surface area contributed by atoms with Crippen molar-refractivity contribution in [1.82, 2.24) is 15.5 Å². The van der Waals surface area contributed by atoms with Gasteiger partial charge < -0.3 is 20.5 Å². The van der Waals surface area contributed by atoms with Gasteiger partial charge in [-0.25, -0.2) is 4.79 Å². The van der Waals surface area contributed by atoms with Crippen molar-refractivity contribution in [2.75, 3.05) is 32.8 Å². The summed E-state index contributed by atoms with van der Waals surface area (Å²) in [6, 6.07) is -0.183. The first-order chi connectivity index (χ1) is 9.74. The maximum atomic E-state index is 11.8. The predicted molar refractivity (Wildman–Crippen MR) is 83.3 cm³/mol. The molecule has 3 N–H and O–H groups in total. The summed E-state index contributed by atoms with van der Waals surface area (Å²) in [7, 11) is 0. The summed E-state index contributed by atoms with van der Waals surface area (Å²) < 4.78 is 5.75. The lowest BCUT2D eigenvalue weighted by atomic mass is 10.00. The number of aliphatic hydroxyl groups is 1. The van der Waals surface area contributed by atoms with Crippen LogP contribution in [0.1, 0.15) is 34.6 Å². The Balaban J connectivity index is 2.39. The number of ether oxygens (including phenoxy) is 1. The molecule has 21 heavy (non-hydrogen) atoms. The second kappa shape index (κ2) is 7.96. The minimum absolute atomic E-state index is 0.0738. The molecular weight excluding hydrogens is 270 g/mol. The third kappa shape index (κ3) is 6.20. The van der Waals surface area contributed by atoms with Crippen LogP contribution in [0.15, 0.2) is 0 Å². The molecule has 0 aromatic rings. The van der Waals surface area contributed by atoms with Crippen LogP contribution in [0, 0.1) is 5.92 Å². The van der Waals surface area contributed by atoms with Crippen molar-refractivity contribution in [3.63, 3.8) is 0 Å². The minimum Gasteiger partial charge on any atom is -0.396 e. The summed E-state index contributed by atoms with van der Waals surface area (Å²) in [5.41, 5.74) is -0.119. The molecule has 3 atom stereocenters. The van der Waals surface area contributed by atoms with Crippen molar-refractivity contribution in [3.8, 4) is 0 Å². The number of hydrogen-bond acceptors (Lipinski definition) is 4. The Labute approximate surface area is 128 Å². The second-order valence-electron chi connectivity index (χ2n) is 6.83. The Morgan fingerprint density at radius 3 is 2.43 bits per heavy atom. The molecule has 0 aromatic heterocycles. The number of carbonyl (C=O) groups excluding carboxylic acids is 1. The van der Waals surface area contributed by atoms with Crippen LogP contribution in [0.5, 0.6) is 0 Å². The highest BCUT2D eigenvalue weighted by atomic mass is 16.5. The van der Waals surface area contributed by atoms with Crippen molar-refractivity contribution in [2.24, 2.45) is 5.92 Å². The minimum atomic E-state index is -0.183. The number of morpholine rings is 1. The van der Waals surface area contributed by atoms with E-state index in [-0.39, 0.29) is 36.3 Å². The number of nitrogens with zero attached hydrogens (tertiary/aromatic N) is 1. The van der Waals surface area contributed by atoms with Crippen molar-refractivity contribution >= 4 is 6.03 Å². The number of hydrogen-bond donors (Lipinski definition) is 3. The molecule has 0 saturated carbocycles. The molecule has 3 unspecified atom stereocenters. The molecule has 0 aromatic carbocycles. The second-order valence-corrected chi connectivity index (χ2v) is 6.83. The van der Waals surface area contributed by atoms with E-state index in [0.29, 0.717) is 13.1 Å². The average Bonchev–Trinajstić information content (AvgIpc) is 2.41. The maximum Gasteiger partial charge on any atom is 0.314 e. The molecule has 0 aliphatic carbocycles. The Morgan fingerprint density at radius 1 is 1.33 bits per heavy atom. The molecule has 6 nitrogen and oxygen atoms in total. The van der Waals surface area contributed by atoms with E-state index < -0.39 is 0 Å². The highest BCUT2D eigenvalue weighted by Crippen LogP contribution is 2.20. The summed E-state index contributed by atoms with van der Waals surface area (Å²) in [6.07, 6.45) is 0.430. The van der Waals surface area contributed by atoms with Gasteiger partial charge in [0.05, 0.1) is 12.2 Å². The monoisotopic (exact) mass is 301 g/mol. The Kier molecular flexibility index (Phi) is 6.90. The van der Waals surface area contributed by atoms with E-state index in [0.717, 1.165) is 13.1 Å². The zero-order valence-corrected chi connectivity index (χ0v) is 14.0. The first kappa shape index (κ1) is 18.2. The third-order valence-corrected chi connectivity index (χ3v) is 3.88. The van der Waals surface area contributed by atoms with E-state index in [2.05, 4.69) is 43.2 Å². The van der Waals surface area contributed by atoms with Crippen LogP contribution in [0.4, 0.5) is 4.79 Å². The van der Waals surface area contributed by atoms with Gasteiger partial charge in [0.1, 0.15) is 0 Å². The van der Waals surface area contributed by atoms with Crippen molar-refractivity contribution in [1.29, 1.82) is 0 Å². The van der Waals surface area contributed by atoms with Gasteiger partial charge in [0, 0.05) is 38.3 Å². The quantitative estimate of drug-likeness (QED) is 0.678. The molecule has 1 heterocycles. The summed E-state index contributed by atoms with van der Waals surface area (Å²) in [4.78, 5) is 14.1. The smallest absolute Gasteiger partial charge is 0.314 e. The van der Waals surface area contributed by atoms with Gasteiger partial charge in [-0.2, -0.15) is 0 Å². The standard InChI is InChI=1S/C15H31N3O3/c1-11(9-19)6-16-14(20)17-10-15(4,5)18-7-12(2)21-13(3)8-18/h11-13,19H,6-10H2,1-5H3,(H2,16,17,20). The van der Waals surface area contributed by atoms with Gasteiger partial charge in [0.15, 0.2) is 0 Å². The average molecular weight is 301 g/mol. The van der Waals surface area contributed by atoms with Crippen molar-refractivity contribution in [3.05, 3.63) is 0 Å². The molecule has 1 rings (SSSR count). The van der Waals surface area contributed by atoms with Crippen LogP contribution in [-0.2, 0) is 4.74 Å². The molecule has 6 heteroatoms. The lowest BCUT2D eigenvalue weighted by molar-refractivity contribution is -0.0947. The lowest BCUT2D eigenvalue weighted by Crippen LogP contribution is -2.59. The number of aliphatic hydroxyl groups excluding tert-OH is 1. The molecule has 1 fully saturated rings. The Bertz CT molecular complexity index is 326. The zero-order chi connectivity index (χ0) is 16.0. The highest BCUT2D eigenvalue weighted by molar-refractivity contribution is 5.73.